The standard InChI is InChI=1S/C9H16BrN3/c1-3-11-8-13-6-4-5-12-7-9(2)10/h3,7-8,12H,1,4-6H2,2H3,(H,11,13)/b9-7-. The molecule has 4 heteroatoms. The molecule has 0 radical (unpaired) electrons. The first-order chi connectivity index (χ1) is 6.27. The van der Waals surface area contributed by atoms with Gasteiger partial charge in [0.2, 0.25) is 0 Å². The molecule has 0 bridgehead atoms. The molecule has 0 aliphatic heterocycles. The third kappa shape index (κ3) is 11.2. The minimum Gasteiger partial charge on any atom is -0.390 e. The van der Waals surface area contributed by atoms with Crippen LogP contribution >= 0.6 is 15.9 Å². The smallest absolute Gasteiger partial charge is 0.0863 e. The van der Waals surface area contributed by atoms with Gasteiger partial charge < -0.3 is 10.6 Å². The van der Waals surface area contributed by atoms with Gasteiger partial charge in [0.1, 0.15) is 0 Å². The molecule has 0 atom stereocenters. The summed E-state index contributed by atoms with van der Waals surface area (Å²) in [5.41, 5.74) is 0. The lowest BCUT2D eigenvalue weighted by molar-refractivity contribution is 0.761. The molecule has 0 saturated heterocycles. The van der Waals surface area contributed by atoms with E-state index in [1.807, 2.05) is 13.1 Å². The van der Waals surface area contributed by atoms with Crippen LogP contribution in [0.4, 0.5) is 0 Å². The van der Waals surface area contributed by atoms with Crippen LogP contribution in [-0.2, 0) is 0 Å². The minimum absolute atomic E-state index is 0.822. The SMILES string of the molecule is C=CNC=NCCCN/C=C(/C)Br. The number of nitrogens with one attached hydrogen (secondary N) is 2. The Labute approximate surface area is 88.1 Å². The van der Waals surface area contributed by atoms with Crippen molar-refractivity contribution in [3.05, 3.63) is 23.5 Å². The summed E-state index contributed by atoms with van der Waals surface area (Å²) >= 11 is 3.33. The third-order valence-electron chi connectivity index (χ3n) is 1.19. The van der Waals surface area contributed by atoms with Gasteiger partial charge in [-0.15, -0.1) is 0 Å². The average Bonchev–Trinajstić information content (AvgIpc) is 2.09. The normalized spacial score (nSPS) is 11.7. The number of rotatable bonds is 7. The van der Waals surface area contributed by atoms with Crippen molar-refractivity contribution in [2.24, 2.45) is 4.99 Å². The van der Waals surface area contributed by atoms with E-state index >= 15 is 0 Å². The zero-order chi connectivity index (χ0) is 9.94. The van der Waals surface area contributed by atoms with E-state index in [9.17, 15) is 0 Å². The minimum atomic E-state index is 0.822. The number of nitrogens with zero attached hydrogens (tertiary/aromatic N) is 1. The molecule has 3 nitrogen and oxygen atoms in total. The molecule has 2 N–H and O–H groups in total. The Balaban J connectivity index is 3.17. The van der Waals surface area contributed by atoms with E-state index in [-0.39, 0.29) is 0 Å². The highest BCUT2D eigenvalue weighted by Crippen LogP contribution is 1.98. The predicted molar refractivity (Wildman–Crippen MR) is 62.0 cm³/mol. The average molecular weight is 246 g/mol. The van der Waals surface area contributed by atoms with Crippen LogP contribution in [0.25, 0.3) is 0 Å². The molecule has 74 valence electrons. The Bertz CT molecular complexity index is 183. The molecule has 0 saturated carbocycles. The van der Waals surface area contributed by atoms with Gasteiger partial charge in [0.05, 0.1) is 6.34 Å². The van der Waals surface area contributed by atoms with Crippen LogP contribution in [0.15, 0.2) is 28.5 Å². The second-order valence-corrected chi connectivity index (χ2v) is 3.70. The summed E-state index contributed by atoms with van der Waals surface area (Å²) in [4.78, 5) is 4.10. The predicted octanol–water partition coefficient (Wildman–Crippen LogP) is 1.98. The van der Waals surface area contributed by atoms with Gasteiger partial charge >= 0.3 is 0 Å². The zero-order valence-corrected chi connectivity index (χ0v) is 9.47. The number of allylic oxidation sites excluding steroid dienone is 1. The second-order valence-electron chi connectivity index (χ2n) is 2.44. The maximum Gasteiger partial charge on any atom is 0.0863 e. The molecule has 0 aromatic rings. The van der Waals surface area contributed by atoms with Crippen molar-refractivity contribution in [2.45, 2.75) is 13.3 Å². The maximum atomic E-state index is 4.10. The summed E-state index contributed by atoms with van der Waals surface area (Å²) in [5, 5.41) is 5.94. The summed E-state index contributed by atoms with van der Waals surface area (Å²) in [6, 6.07) is 0. The van der Waals surface area contributed by atoms with E-state index in [2.05, 4.69) is 38.1 Å². The number of halogens is 1. The summed E-state index contributed by atoms with van der Waals surface area (Å²) in [5.74, 6) is 0. The van der Waals surface area contributed by atoms with Crippen LogP contribution in [0, 0.1) is 0 Å². The van der Waals surface area contributed by atoms with E-state index in [4.69, 9.17) is 0 Å². The second kappa shape index (κ2) is 9.32. The topological polar surface area (TPSA) is 36.4 Å². The molecule has 0 aromatic heterocycles. The van der Waals surface area contributed by atoms with Crippen LogP contribution in [0.3, 0.4) is 0 Å². The molecule has 0 heterocycles. The lowest BCUT2D eigenvalue weighted by atomic mass is 10.4. The molecule has 0 amide bonds. The van der Waals surface area contributed by atoms with Gasteiger partial charge in [-0.3, -0.25) is 4.99 Å². The Morgan fingerprint density at radius 1 is 1.62 bits per heavy atom. The van der Waals surface area contributed by atoms with Crippen molar-refractivity contribution in [1.82, 2.24) is 10.6 Å². The molecule has 0 spiro atoms. The molecule has 0 fully saturated rings. The molecule has 0 aliphatic carbocycles. The van der Waals surface area contributed by atoms with Gasteiger partial charge in [-0.1, -0.05) is 22.5 Å². The molecular weight excluding hydrogens is 230 g/mol. The van der Waals surface area contributed by atoms with E-state index in [0.29, 0.717) is 0 Å². The molecule has 0 aromatic carbocycles. The van der Waals surface area contributed by atoms with Crippen molar-refractivity contribution in [3.8, 4) is 0 Å². The molecule has 0 aliphatic rings. The third-order valence-corrected chi connectivity index (χ3v) is 1.42. The van der Waals surface area contributed by atoms with Crippen LogP contribution in [0.5, 0.6) is 0 Å². The van der Waals surface area contributed by atoms with Crippen molar-refractivity contribution in [3.63, 3.8) is 0 Å². The molecular formula is C9H16BrN3. The Hall–Kier alpha value is -0.770. The summed E-state index contributed by atoms with van der Waals surface area (Å²) in [7, 11) is 0. The number of aliphatic imine (C=N–C) groups is 1. The maximum absolute atomic E-state index is 4.10. The van der Waals surface area contributed by atoms with E-state index in [0.717, 1.165) is 24.0 Å². The molecule has 0 rings (SSSR count). The van der Waals surface area contributed by atoms with Crippen LogP contribution in [0.2, 0.25) is 0 Å². The van der Waals surface area contributed by atoms with E-state index < -0.39 is 0 Å². The Kier molecular flexibility index (Phi) is 8.77. The van der Waals surface area contributed by atoms with Gasteiger partial charge in [-0.2, -0.15) is 0 Å². The van der Waals surface area contributed by atoms with Crippen LogP contribution < -0.4 is 10.6 Å². The first-order valence-electron chi connectivity index (χ1n) is 4.18. The first kappa shape index (κ1) is 12.2. The summed E-state index contributed by atoms with van der Waals surface area (Å²) in [6.07, 6.45) is 6.20. The van der Waals surface area contributed by atoms with Gasteiger partial charge in [0.25, 0.3) is 0 Å². The van der Waals surface area contributed by atoms with Gasteiger partial charge in [0.15, 0.2) is 0 Å². The summed E-state index contributed by atoms with van der Waals surface area (Å²) < 4.78 is 1.10. The number of hydrogen-bond acceptors (Lipinski definition) is 2. The monoisotopic (exact) mass is 245 g/mol. The highest BCUT2D eigenvalue weighted by atomic mass is 79.9. The quantitative estimate of drug-likeness (QED) is 0.409. The first-order valence-corrected chi connectivity index (χ1v) is 4.97. The van der Waals surface area contributed by atoms with Crippen molar-refractivity contribution < 1.29 is 0 Å². The highest BCUT2D eigenvalue weighted by Gasteiger charge is 1.82. The summed E-state index contributed by atoms with van der Waals surface area (Å²) in [6.45, 7) is 7.25. The molecule has 13 heavy (non-hydrogen) atoms. The van der Waals surface area contributed by atoms with Crippen molar-refractivity contribution >= 4 is 22.3 Å². The molecule has 0 unspecified atom stereocenters. The number of hydrogen-bond donors (Lipinski definition) is 2. The zero-order valence-electron chi connectivity index (χ0n) is 7.89. The lowest BCUT2D eigenvalue weighted by Crippen LogP contribution is -2.09. The van der Waals surface area contributed by atoms with E-state index in [1.54, 1.807) is 12.5 Å². The fraction of sp³-hybridized carbons (Fsp3) is 0.444. The fourth-order valence-corrected chi connectivity index (χ4v) is 0.817. The van der Waals surface area contributed by atoms with Gasteiger partial charge in [0, 0.05) is 23.8 Å². The van der Waals surface area contributed by atoms with Gasteiger partial charge in [-0.05, 0) is 19.5 Å². The fourth-order valence-electron chi connectivity index (χ4n) is 0.655. The van der Waals surface area contributed by atoms with Gasteiger partial charge in [-0.25, -0.2) is 0 Å². The van der Waals surface area contributed by atoms with Crippen LogP contribution in [-0.4, -0.2) is 19.4 Å². The lowest BCUT2D eigenvalue weighted by Gasteiger charge is -1.98. The van der Waals surface area contributed by atoms with Crippen LogP contribution in [0.1, 0.15) is 13.3 Å². The van der Waals surface area contributed by atoms with E-state index in [1.165, 1.54) is 0 Å². The largest absolute Gasteiger partial charge is 0.390 e. The highest BCUT2D eigenvalue weighted by molar-refractivity contribution is 9.11. The Morgan fingerprint density at radius 3 is 3.00 bits per heavy atom. The Morgan fingerprint density at radius 2 is 2.38 bits per heavy atom. The van der Waals surface area contributed by atoms with Crippen molar-refractivity contribution in [1.29, 1.82) is 0 Å². The van der Waals surface area contributed by atoms with Crippen molar-refractivity contribution in [2.75, 3.05) is 13.1 Å².